The molecule has 0 spiro atoms. The molecule has 1 aliphatic carbocycles. The number of sulfonamides is 1. The highest BCUT2D eigenvalue weighted by Crippen LogP contribution is 2.38. The van der Waals surface area contributed by atoms with Crippen LogP contribution in [0, 0.1) is 11.8 Å². The molecular weight excluding hydrogens is 378 g/mol. The summed E-state index contributed by atoms with van der Waals surface area (Å²) in [6, 6.07) is 12.7. The largest absolute Gasteiger partial charge is 0.326 e. The molecule has 28 heavy (non-hydrogen) atoms. The third kappa shape index (κ3) is 4.40. The van der Waals surface area contributed by atoms with E-state index in [1.165, 1.54) is 26.2 Å². The van der Waals surface area contributed by atoms with Crippen molar-refractivity contribution in [3.63, 3.8) is 0 Å². The van der Waals surface area contributed by atoms with Gasteiger partial charge in [-0.15, -0.1) is 0 Å². The number of rotatable bonds is 6. The Morgan fingerprint density at radius 1 is 1.00 bits per heavy atom. The lowest BCUT2D eigenvalue weighted by Gasteiger charge is -2.13. The lowest BCUT2D eigenvalue weighted by atomic mass is 10.2. The normalized spacial score (nSPS) is 18.6. The molecular formula is C20H23N3O4S. The van der Waals surface area contributed by atoms with Gasteiger partial charge in [-0.1, -0.05) is 13.0 Å². The number of benzene rings is 2. The smallest absolute Gasteiger partial charge is 0.255 e. The van der Waals surface area contributed by atoms with Gasteiger partial charge in [-0.25, -0.2) is 12.7 Å². The predicted octanol–water partition coefficient (Wildman–Crippen LogP) is 2.78. The highest BCUT2D eigenvalue weighted by atomic mass is 32.2. The number of hydrogen-bond acceptors (Lipinski definition) is 4. The minimum Gasteiger partial charge on any atom is -0.326 e. The second-order valence-electron chi connectivity index (χ2n) is 7.16. The standard InChI is InChI=1S/C20H23N3O4S/c1-13-11-18(13)20(25)21-15-9-7-14(8-10-15)19(24)22-16-5-4-6-17(12-16)28(26,27)23(2)3/h4-10,12-13,18H,11H2,1-3H3,(H,21,25)(H,22,24). The van der Waals surface area contributed by atoms with Gasteiger partial charge in [0, 0.05) is 37.0 Å². The molecule has 0 saturated heterocycles. The molecule has 7 nitrogen and oxygen atoms in total. The van der Waals surface area contributed by atoms with Gasteiger partial charge in [-0.2, -0.15) is 0 Å². The van der Waals surface area contributed by atoms with Crippen LogP contribution >= 0.6 is 0 Å². The summed E-state index contributed by atoms with van der Waals surface area (Å²) in [5, 5.41) is 5.54. The van der Waals surface area contributed by atoms with Crippen LogP contribution in [0.3, 0.4) is 0 Å². The van der Waals surface area contributed by atoms with E-state index in [2.05, 4.69) is 10.6 Å². The van der Waals surface area contributed by atoms with E-state index in [0.29, 0.717) is 22.9 Å². The highest BCUT2D eigenvalue weighted by molar-refractivity contribution is 7.89. The van der Waals surface area contributed by atoms with E-state index in [4.69, 9.17) is 0 Å². The lowest BCUT2D eigenvalue weighted by molar-refractivity contribution is -0.117. The maximum atomic E-state index is 12.4. The van der Waals surface area contributed by atoms with Crippen molar-refractivity contribution in [3.05, 3.63) is 54.1 Å². The van der Waals surface area contributed by atoms with Gasteiger partial charge in [0.15, 0.2) is 0 Å². The molecule has 1 saturated carbocycles. The highest BCUT2D eigenvalue weighted by Gasteiger charge is 2.39. The van der Waals surface area contributed by atoms with Crippen LogP contribution in [0.1, 0.15) is 23.7 Å². The minimum atomic E-state index is -3.58. The maximum absolute atomic E-state index is 12.4. The molecule has 2 amide bonds. The molecule has 0 bridgehead atoms. The second kappa shape index (κ2) is 7.73. The number of carbonyl (C=O) groups is 2. The first-order valence-corrected chi connectivity index (χ1v) is 10.4. The zero-order valence-corrected chi connectivity index (χ0v) is 16.8. The van der Waals surface area contributed by atoms with Crippen LogP contribution in [0.4, 0.5) is 11.4 Å². The predicted molar refractivity (Wildman–Crippen MR) is 108 cm³/mol. The molecule has 0 heterocycles. The van der Waals surface area contributed by atoms with E-state index < -0.39 is 10.0 Å². The summed E-state index contributed by atoms with van der Waals surface area (Å²) in [4.78, 5) is 24.5. The molecule has 0 radical (unpaired) electrons. The van der Waals surface area contributed by atoms with Crippen molar-refractivity contribution in [2.75, 3.05) is 24.7 Å². The average Bonchev–Trinajstić information content (AvgIpc) is 3.39. The summed E-state index contributed by atoms with van der Waals surface area (Å²) in [5.41, 5.74) is 1.42. The molecule has 1 fully saturated rings. The molecule has 2 aromatic carbocycles. The van der Waals surface area contributed by atoms with Crippen LogP contribution in [0.25, 0.3) is 0 Å². The Morgan fingerprint density at radius 3 is 2.21 bits per heavy atom. The van der Waals surface area contributed by atoms with Crippen LogP contribution in [-0.2, 0) is 14.8 Å². The Morgan fingerprint density at radius 2 is 1.64 bits per heavy atom. The fourth-order valence-electron chi connectivity index (χ4n) is 2.78. The van der Waals surface area contributed by atoms with Gasteiger partial charge in [0.2, 0.25) is 15.9 Å². The van der Waals surface area contributed by atoms with Gasteiger partial charge in [-0.3, -0.25) is 9.59 Å². The molecule has 3 rings (SSSR count). The topological polar surface area (TPSA) is 95.6 Å². The molecule has 1 aliphatic rings. The van der Waals surface area contributed by atoms with Gasteiger partial charge in [0.05, 0.1) is 4.90 Å². The summed E-state index contributed by atoms with van der Waals surface area (Å²) in [5.74, 6) is 0.141. The van der Waals surface area contributed by atoms with E-state index in [-0.39, 0.29) is 22.6 Å². The SMILES string of the molecule is CC1CC1C(=O)Nc1ccc(C(=O)Nc2cccc(S(=O)(=O)N(C)C)c2)cc1. The van der Waals surface area contributed by atoms with E-state index in [1.807, 2.05) is 6.92 Å². The van der Waals surface area contributed by atoms with E-state index in [0.717, 1.165) is 10.7 Å². The third-order valence-corrected chi connectivity index (χ3v) is 6.54. The molecule has 2 unspecified atom stereocenters. The van der Waals surface area contributed by atoms with Crippen molar-refractivity contribution in [2.45, 2.75) is 18.2 Å². The van der Waals surface area contributed by atoms with Crippen molar-refractivity contribution in [1.29, 1.82) is 0 Å². The first-order chi connectivity index (χ1) is 13.2. The molecule has 8 heteroatoms. The van der Waals surface area contributed by atoms with Crippen molar-refractivity contribution >= 4 is 33.2 Å². The zero-order valence-electron chi connectivity index (χ0n) is 16.0. The van der Waals surface area contributed by atoms with E-state index in [9.17, 15) is 18.0 Å². The molecule has 0 aliphatic heterocycles. The van der Waals surface area contributed by atoms with Crippen LogP contribution in [-0.4, -0.2) is 38.6 Å². The second-order valence-corrected chi connectivity index (χ2v) is 9.31. The van der Waals surface area contributed by atoms with Crippen molar-refractivity contribution in [1.82, 2.24) is 4.31 Å². The van der Waals surface area contributed by atoms with Gasteiger partial charge in [0.25, 0.3) is 5.91 Å². The average molecular weight is 401 g/mol. The van der Waals surface area contributed by atoms with Gasteiger partial charge in [0.1, 0.15) is 0 Å². The van der Waals surface area contributed by atoms with Gasteiger partial charge in [-0.05, 0) is 54.8 Å². The number of nitrogens with zero attached hydrogens (tertiary/aromatic N) is 1. The van der Waals surface area contributed by atoms with Crippen molar-refractivity contribution in [2.24, 2.45) is 11.8 Å². The van der Waals surface area contributed by atoms with Crippen LogP contribution in [0.2, 0.25) is 0 Å². The fraction of sp³-hybridized carbons (Fsp3) is 0.300. The summed E-state index contributed by atoms with van der Waals surface area (Å²) >= 11 is 0. The van der Waals surface area contributed by atoms with Crippen LogP contribution in [0.15, 0.2) is 53.4 Å². The molecule has 148 valence electrons. The van der Waals surface area contributed by atoms with Crippen LogP contribution in [0.5, 0.6) is 0 Å². The summed E-state index contributed by atoms with van der Waals surface area (Å²) in [7, 11) is -0.683. The summed E-state index contributed by atoms with van der Waals surface area (Å²) in [6.07, 6.45) is 0.912. The Labute approximate surface area is 164 Å². The molecule has 2 N–H and O–H groups in total. The molecule has 2 atom stereocenters. The summed E-state index contributed by atoms with van der Waals surface area (Å²) < 4.78 is 25.5. The van der Waals surface area contributed by atoms with Gasteiger partial charge >= 0.3 is 0 Å². The fourth-order valence-corrected chi connectivity index (χ4v) is 3.72. The number of anilines is 2. The Bertz CT molecular complexity index is 1000. The Hall–Kier alpha value is -2.71. The summed E-state index contributed by atoms with van der Waals surface area (Å²) in [6.45, 7) is 2.04. The van der Waals surface area contributed by atoms with E-state index >= 15 is 0 Å². The molecule has 0 aromatic heterocycles. The Kier molecular flexibility index (Phi) is 5.53. The Balaban J connectivity index is 1.67. The van der Waals surface area contributed by atoms with Gasteiger partial charge < -0.3 is 10.6 Å². The number of nitrogens with one attached hydrogen (secondary N) is 2. The number of hydrogen-bond donors (Lipinski definition) is 2. The molecule has 2 aromatic rings. The number of amides is 2. The van der Waals surface area contributed by atoms with E-state index in [1.54, 1.807) is 36.4 Å². The number of carbonyl (C=O) groups excluding carboxylic acids is 2. The maximum Gasteiger partial charge on any atom is 0.255 e. The lowest BCUT2D eigenvalue weighted by Crippen LogP contribution is -2.22. The minimum absolute atomic E-state index is 0.00335. The third-order valence-electron chi connectivity index (χ3n) is 4.73. The first kappa shape index (κ1) is 20.0. The first-order valence-electron chi connectivity index (χ1n) is 8.93. The van der Waals surface area contributed by atoms with Crippen molar-refractivity contribution in [3.8, 4) is 0 Å². The van der Waals surface area contributed by atoms with Crippen molar-refractivity contribution < 1.29 is 18.0 Å². The zero-order chi connectivity index (χ0) is 20.5. The van der Waals surface area contributed by atoms with Crippen LogP contribution < -0.4 is 10.6 Å². The quantitative estimate of drug-likeness (QED) is 0.778. The monoisotopic (exact) mass is 401 g/mol.